The van der Waals surface area contributed by atoms with Crippen molar-refractivity contribution in [1.82, 2.24) is 9.97 Å². The maximum Gasteiger partial charge on any atom is 0.231 e. The minimum atomic E-state index is -0.372. The number of fused-ring (bicyclic) bond motifs is 2. The molecule has 0 spiro atoms. The van der Waals surface area contributed by atoms with E-state index in [1.54, 1.807) is 12.1 Å². The van der Waals surface area contributed by atoms with Crippen molar-refractivity contribution in [2.45, 2.75) is 0 Å². The molecular formula is C15H10FN3O2. The molecule has 0 radical (unpaired) electrons. The van der Waals surface area contributed by atoms with Gasteiger partial charge in [0.25, 0.3) is 0 Å². The summed E-state index contributed by atoms with van der Waals surface area (Å²) in [6.45, 7) is 0.223. The van der Waals surface area contributed by atoms with Crippen LogP contribution in [0, 0.1) is 5.82 Å². The normalized spacial score (nSPS) is 12.6. The third kappa shape index (κ3) is 2.01. The second kappa shape index (κ2) is 4.59. The molecule has 4 rings (SSSR count). The highest BCUT2D eigenvalue weighted by Crippen LogP contribution is 2.35. The molecule has 0 unspecified atom stereocenters. The number of hydrogen-bond donors (Lipinski definition) is 1. The van der Waals surface area contributed by atoms with Gasteiger partial charge in [0.2, 0.25) is 6.79 Å². The van der Waals surface area contributed by atoms with Crippen LogP contribution in [0.2, 0.25) is 0 Å². The van der Waals surface area contributed by atoms with Crippen molar-refractivity contribution >= 4 is 22.4 Å². The van der Waals surface area contributed by atoms with E-state index in [1.807, 2.05) is 18.2 Å². The lowest BCUT2D eigenvalue weighted by Gasteiger charge is -2.09. The number of benzene rings is 2. The van der Waals surface area contributed by atoms with E-state index in [9.17, 15) is 4.39 Å². The van der Waals surface area contributed by atoms with Gasteiger partial charge in [-0.25, -0.2) is 14.4 Å². The van der Waals surface area contributed by atoms with Crippen molar-refractivity contribution in [2.24, 2.45) is 0 Å². The molecule has 0 bridgehead atoms. The molecule has 21 heavy (non-hydrogen) atoms. The smallest absolute Gasteiger partial charge is 0.231 e. The monoisotopic (exact) mass is 283 g/mol. The summed E-state index contributed by atoms with van der Waals surface area (Å²) in [5, 5.41) is 3.77. The van der Waals surface area contributed by atoms with Crippen molar-refractivity contribution in [3.8, 4) is 11.5 Å². The van der Waals surface area contributed by atoms with Gasteiger partial charge in [-0.3, -0.25) is 0 Å². The Balaban J connectivity index is 1.76. The number of halogens is 1. The molecule has 104 valence electrons. The fourth-order valence-corrected chi connectivity index (χ4v) is 2.26. The Morgan fingerprint density at radius 2 is 1.95 bits per heavy atom. The van der Waals surface area contributed by atoms with E-state index in [0.717, 1.165) is 5.69 Å². The van der Waals surface area contributed by atoms with Gasteiger partial charge in [0.1, 0.15) is 23.5 Å². The average molecular weight is 283 g/mol. The van der Waals surface area contributed by atoms with Crippen molar-refractivity contribution in [1.29, 1.82) is 0 Å². The van der Waals surface area contributed by atoms with E-state index in [2.05, 4.69) is 15.3 Å². The predicted octanol–water partition coefficient (Wildman–Crippen LogP) is 3.24. The molecule has 1 N–H and O–H groups in total. The topological polar surface area (TPSA) is 56.3 Å². The molecule has 0 aliphatic carbocycles. The molecule has 6 heteroatoms. The molecule has 3 aromatic rings. The number of hydrogen-bond acceptors (Lipinski definition) is 5. The molecule has 0 fully saturated rings. The van der Waals surface area contributed by atoms with E-state index >= 15 is 0 Å². The van der Waals surface area contributed by atoms with Crippen LogP contribution in [0.4, 0.5) is 15.9 Å². The third-order valence-corrected chi connectivity index (χ3v) is 3.25. The number of ether oxygens (including phenoxy) is 2. The number of anilines is 2. The van der Waals surface area contributed by atoms with Gasteiger partial charge in [0, 0.05) is 17.1 Å². The fourth-order valence-electron chi connectivity index (χ4n) is 2.26. The van der Waals surface area contributed by atoms with Crippen LogP contribution in [0.25, 0.3) is 10.9 Å². The Hall–Kier alpha value is -2.89. The summed E-state index contributed by atoms with van der Waals surface area (Å²) in [5.74, 6) is 1.55. The summed E-state index contributed by atoms with van der Waals surface area (Å²) in [6, 6.07) is 10.3. The van der Waals surface area contributed by atoms with Crippen molar-refractivity contribution in [2.75, 3.05) is 12.1 Å². The summed E-state index contributed by atoms with van der Waals surface area (Å²) < 4.78 is 24.3. The zero-order valence-electron chi connectivity index (χ0n) is 10.8. The maximum atomic E-state index is 13.7. The van der Waals surface area contributed by atoms with Crippen LogP contribution in [0.1, 0.15) is 0 Å². The van der Waals surface area contributed by atoms with Crippen molar-refractivity contribution in [3.05, 3.63) is 48.5 Å². The minimum Gasteiger partial charge on any atom is -0.454 e. The van der Waals surface area contributed by atoms with E-state index in [1.165, 1.54) is 12.4 Å². The van der Waals surface area contributed by atoms with Crippen LogP contribution < -0.4 is 14.8 Å². The Morgan fingerprint density at radius 1 is 1.05 bits per heavy atom. The highest BCUT2D eigenvalue weighted by molar-refractivity contribution is 5.90. The van der Waals surface area contributed by atoms with Crippen LogP contribution in [-0.2, 0) is 0 Å². The molecule has 2 aromatic carbocycles. The van der Waals surface area contributed by atoms with Gasteiger partial charge in [-0.05, 0) is 24.3 Å². The Labute approximate surface area is 119 Å². The molecular weight excluding hydrogens is 273 g/mol. The second-order valence-corrected chi connectivity index (χ2v) is 4.55. The van der Waals surface area contributed by atoms with Crippen LogP contribution in [0.3, 0.4) is 0 Å². The zero-order valence-corrected chi connectivity index (χ0v) is 10.8. The first-order valence-corrected chi connectivity index (χ1v) is 6.37. The minimum absolute atomic E-state index is 0.223. The van der Waals surface area contributed by atoms with E-state index in [0.29, 0.717) is 22.7 Å². The quantitative estimate of drug-likeness (QED) is 0.782. The number of aromatic nitrogens is 2. The van der Waals surface area contributed by atoms with Gasteiger partial charge in [0.15, 0.2) is 11.5 Å². The first-order valence-electron chi connectivity index (χ1n) is 6.37. The number of nitrogens with zero attached hydrogens (tertiary/aromatic N) is 2. The molecule has 0 amide bonds. The zero-order chi connectivity index (χ0) is 14.2. The lowest BCUT2D eigenvalue weighted by molar-refractivity contribution is 0.174. The van der Waals surface area contributed by atoms with Gasteiger partial charge in [-0.2, -0.15) is 0 Å². The summed E-state index contributed by atoms with van der Waals surface area (Å²) in [7, 11) is 0. The first-order chi connectivity index (χ1) is 10.3. The highest BCUT2D eigenvalue weighted by atomic mass is 19.1. The Morgan fingerprint density at radius 3 is 2.90 bits per heavy atom. The molecule has 5 nitrogen and oxygen atoms in total. The average Bonchev–Trinajstić information content (AvgIpc) is 2.96. The van der Waals surface area contributed by atoms with Gasteiger partial charge in [-0.1, -0.05) is 6.07 Å². The number of rotatable bonds is 2. The first kappa shape index (κ1) is 11.9. The summed E-state index contributed by atoms with van der Waals surface area (Å²) in [6.07, 6.45) is 1.33. The summed E-state index contributed by atoms with van der Waals surface area (Å²) in [5.41, 5.74) is 1.07. The highest BCUT2D eigenvalue weighted by Gasteiger charge is 2.14. The number of para-hydroxylation sites is 1. The summed E-state index contributed by atoms with van der Waals surface area (Å²) >= 11 is 0. The van der Waals surface area contributed by atoms with Gasteiger partial charge >= 0.3 is 0 Å². The van der Waals surface area contributed by atoms with Crippen LogP contribution in [-0.4, -0.2) is 16.8 Å². The molecule has 0 saturated heterocycles. The fraction of sp³-hybridized carbons (Fsp3) is 0.0667. The van der Waals surface area contributed by atoms with Gasteiger partial charge in [-0.15, -0.1) is 0 Å². The molecule has 1 aliphatic heterocycles. The molecule has 2 heterocycles. The van der Waals surface area contributed by atoms with E-state index in [-0.39, 0.29) is 18.1 Å². The van der Waals surface area contributed by atoms with E-state index in [4.69, 9.17) is 9.47 Å². The van der Waals surface area contributed by atoms with Crippen LogP contribution in [0.5, 0.6) is 11.5 Å². The lowest BCUT2D eigenvalue weighted by atomic mass is 10.2. The standard InChI is InChI=1S/C15H10FN3O2/c16-11-3-1-2-10-14(11)17-7-18-15(10)19-9-4-5-12-13(6-9)21-8-20-12/h1-7H,8H2,(H,17,18,19). The molecule has 1 aliphatic rings. The predicted molar refractivity (Wildman–Crippen MR) is 75.3 cm³/mol. The molecule has 0 saturated carbocycles. The third-order valence-electron chi connectivity index (χ3n) is 3.25. The second-order valence-electron chi connectivity index (χ2n) is 4.55. The van der Waals surface area contributed by atoms with Crippen LogP contribution in [0.15, 0.2) is 42.7 Å². The largest absolute Gasteiger partial charge is 0.454 e. The molecule has 1 aromatic heterocycles. The van der Waals surface area contributed by atoms with Crippen LogP contribution >= 0.6 is 0 Å². The van der Waals surface area contributed by atoms with E-state index < -0.39 is 0 Å². The lowest BCUT2D eigenvalue weighted by Crippen LogP contribution is -1.97. The molecule has 0 atom stereocenters. The van der Waals surface area contributed by atoms with Crippen molar-refractivity contribution < 1.29 is 13.9 Å². The van der Waals surface area contributed by atoms with Gasteiger partial charge < -0.3 is 14.8 Å². The summed E-state index contributed by atoms with van der Waals surface area (Å²) in [4.78, 5) is 8.15. The van der Waals surface area contributed by atoms with Crippen molar-refractivity contribution in [3.63, 3.8) is 0 Å². The Kier molecular flexibility index (Phi) is 2.60. The Bertz CT molecular complexity index is 838. The number of nitrogens with one attached hydrogen (secondary N) is 1. The van der Waals surface area contributed by atoms with Gasteiger partial charge in [0.05, 0.1) is 0 Å². The SMILES string of the molecule is Fc1cccc2c(Nc3ccc4c(c3)OCO4)ncnc12. The maximum absolute atomic E-state index is 13.7.